The van der Waals surface area contributed by atoms with Crippen LogP contribution in [0.1, 0.15) is 31.4 Å². The highest BCUT2D eigenvalue weighted by Gasteiger charge is 2.42. The summed E-state index contributed by atoms with van der Waals surface area (Å²) in [7, 11) is 1.47. The third-order valence-electron chi connectivity index (χ3n) is 5.82. The average Bonchev–Trinajstić information content (AvgIpc) is 2.78. The molecule has 0 saturated carbocycles. The number of aryl methyl sites for hydroxylation is 1. The van der Waals surface area contributed by atoms with Crippen molar-refractivity contribution in [1.82, 2.24) is 15.2 Å². The lowest BCUT2D eigenvalue weighted by Gasteiger charge is -2.45. The molecule has 1 fully saturated rings. The van der Waals surface area contributed by atoms with Gasteiger partial charge in [-0.1, -0.05) is 36.4 Å². The topological polar surface area (TPSA) is 66.8 Å². The fourth-order valence-corrected chi connectivity index (χ4v) is 4.19. The Morgan fingerprint density at radius 3 is 2.60 bits per heavy atom. The minimum absolute atomic E-state index is 0.0154. The molecule has 1 aliphatic heterocycles. The van der Waals surface area contributed by atoms with Gasteiger partial charge >= 0.3 is 5.97 Å². The molecule has 1 aliphatic rings. The average molecular weight is 409 g/mol. The van der Waals surface area contributed by atoms with Crippen LogP contribution in [0.4, 0.5) is 0 Å². The molecular weight excluding hydrogens is 376 g/mol. The van der Waals surface area contributed by atoms with E-state index in [0.717, 1.165) is 31.8 Å². The number of guanidine groups is 1. The van der Waals surface area contributed by atoms with Gasteiger partial charge in [0, 0.05) is 37.6 Å². The molecule has 1 aromatic heterocycles. The first kappa shape index (κ1) is 21.8. The van der Waals surface area contributed by atoms with Gasteiger partial charge in [0.2, 0.25) is 0 Å². The highest BCUT2D eigenvalue weighted by atomic mass is 16.5. The van der Waals surface area contributed by atoms with Crippen molar-refractivity contribution in [2.24, 2.45) is 10.9 Å². The van der Waals surface area contributed by atoms with E-state index in [-0.39, 0.29) is 24.0 Å². The summed E-state index contributed by atoms with van der Waals surface area (Å²) in [5.74, 6) is 0.462. The van der Waals surface area contributed by atoms with Crippen molar-refractivity contribution in [1.29, 1.82) is 0 Å². The Hall–Kier alpha value is -2.89. The van der Waals surface area contributed by atoms with Crippen LogP contribution in [-0.4, -0.2) is 54.1 Å². The van der Waals surface area contributed by atoms with Gasteiger partial charge in [-0.05, 0) is 50.3 Å². The number of aliphatic imine (C=N–C) groups is 1. The van der Waals surface area contributed by atoms with Crippen LogP contribution in [0.5, 0.6) is 0 Å². The summed E-state index contributed by atoms with van der Waals surface area (Å²) in [6.07, 6.45) is 6.23. The Morgan fingerprint density at radius 1 is 1.17 bits per heavy atom. The SMILES string of the molecule is CCN1C(=NCCc2cccnc2)N[C@H](CCc2ccccc2)[C@H](C(=O)OC)[C@H]1C. The summed E-state index contributed by atoms with van der Waals surface area (Å²) in [5, 5.41) is 3.57. The Kier molecular flexibility index (Phi) is 7.82. The van der Waals surface area contributed by atoms with Crippen LogP contribution < -0.4 is 5.32 Å². The second-order valence-corrected chi connectivity index (χ2v) is 7.67. The third kappa shape index (κ3) is 5.38. The zero-order valence-electron chi connectivity index (χ0n) is 18.1. The molecule has 160 valence electrons. The summed E-state index contributed by atoms with van der Waals surface area (Å²) in [6, 6.07) is 14.4. The molecule has 2 aromatic rings. The van der Waals surface area contributed by atoms with E-state index in [1.54, 1.807) is 6.20 Å². The number of carbonyl (C=O) groups is 1. The maximum atomic E-state index is 12.6. The molecule has 2 heterocycles. The quantitative estimate of drug-likeness (QED) is 0.680. The minimum Gasteiger partial charge on any atom is -0.469 e. The summed E-state index contributed by atoms with van der Waals surface area (Å²) < 4.78 is 5.16. The predicted octanol–water partition coefficient (Wildman–Crippen LogP) is 3.08. The third-order valence-corrected chi connectivity index (χ3v) is 5.82. The van der Waals surface area contributed by atoms with E-state index in [1.807, 2.05) is 30.5 Å². The van der Waals surface area contributed by atoms with Crippen molar-refractivity contribution in [3.05, 3.63) is 66.0 Å². The molecule has 1 aromatic carbocycles. The smallest absolute Gasteiger partial charge is 0.312 e. The predicted molar refractivity (Wildman–Crippen MR) is 119 cm³/mol. The second-order valence-electron chi connectivity index (χ2n) is 7.67. The molecule has 0 bridgehead atoms. The van der Waals surface area contributed by atoms with E-state index >= 15 is 0 Å². The second kappa shape index (κ2) is 10.8. The highest BCUT2D eigenvalue weighted by Crippen LogP contribution is 2.25. The van der Waals surface area contributed by atoms with Crippen molar-refractivity contribution in [3.8, 4) is 0 Å². The van der Waals surface area contributed by atoms with Crippen LogP contribution in [-0.2, 0) is 22.4 Å². The fourth-order valence-electron chi connectivity index (χ4n) is 4.19. The number of methoxy groups -OCH3 is 1. The Bertz CT molecular complexity index is 826. The first-order chi connectivity index (χ1) is 14.6. The van der Waals surface area contributed by atoms with Crippen LogP contribution in [0, 0.1) is 5.92 Å². The minimum atomic E-state index is -0.240. The zero-order valence-corrected chi connectivity index (χ0v) is 18.1. The fraction of sp³-hybridized carbons (Fsp3) is 0.458. The maximum Gasteiger partial charge on any atom is 0.312 e. The summed E-state index contributed by atoms with van der Waals surface area (Å²) >= 11 is 0. The van der Waals surface area contributed by atoms with Crippen LogP contribution in [0.3, 0.4) is 0 Å². The number of esters is 1. The van der Waals surface area contributed by atoms with Crippen LogP contribution in [0.2, 0.25) is 0 Å². The normalized spacial score (nSPS) is 22.6. The number of nitrogens with zero attached hydrogens (tertiary/aromatic N) is 3. The molecule has 1 saturated heterocycles. The van der Waals surface area contributed by atoms with Gasteiger partial charge in [-0.15, -0.1) is 0 Å². The molecule has 0 aliphatic carbocycles. The monoisotopic (exact) mass is 408 g/mol. The molecule has 1 N–H and O–H groups in total. The van der Waals surface area contributed by atoms with Crippen LogP contribution >= 0.6 is 0 Å². The van der Waals surface area contributed by atoms with E-state index in [1.165, 1.54) is 18.2 Å². The number of benzene rings is 1. The first-order valence-electron chi connectivity index (χ1n) is 10.7. The number of carbonyl (C=O) groups excluding carboxylic acids is 1. The number of pyridine rings is 1. The standard InChI is InChI=1S/C24H32N4O2/c1-4-28-18(2)22(23(29)30-3)21(13-12-19-9-6-5-7-10-19)27-24(28)26-16-14-20-11-8-15-25-17-20/h5-11,15,17-18,21-22H,4,12-14,16H2,1-3H3,(H,26,27)/t18-,21-,22-/m1/s1. The van der Waals surface area contributed by atoms with Crippen molar-refractivity contribution in [2.45, 2.75) is 45.2 Å². The van der Waals surface area contributed by atoms with Gasteiger partial charge < -0.3 is 15.0 Å². The Morgan fingerprint density at radius 2 is 1.93 bits per heavy atom. The van der Waals surface area contributed by atoms with Gasteiger partial charge in [0.25, 0.3) is 0 Å². The molecule has 6 nitrogen and oxygen atoms in total. The largest absolute Gasteiger partial charge is 0.469 e. The lowest BCUT2D eigenvalue weighted by atomic mass is 9.85. The number of hydrogen-bond donors (Lipinski definition) is 1. The van der Waals surface area contributed by atoms with E-state index < -0.39 is 0 Å². The van der Waals surface area contributed by atoms with E-state index in [0.29, 0.717) is 6.54 Å². The van der Waals surface area contributed by atoms with Gasteiger partial charge in [0.15, 0.2) is 5.96 Å². The molecule has 0 amide bonds. The van der Waals surface area contributed by atoms with Crippen molar-refractivity contribution >= 4 is 11.9 Å². The Balaban J connectivity index is 1.75. The number of rotatable bonds is 8. The summed E-state index contributed by atoms with van der Waals surface area (Å²) in [4.78, 5) is 23.8. The van der Waals surface area contributed by atoms with E-state index in [9.17, 15) is 4.79 Å². The maximum absolute atomic E-state index is 12.6. The van der Waals surface area contributed by atoms with Gasteiger partial charge in [-0.3, -0.25) is 14.8 Å². The molecular formula is C24H32N4O2. The summed E-state index contributed by atoms with van der Waals surface area (Å²) in [5.41, 5.74) is 2.44. The molecule has 3 rings (SSSR count). The highest BCUT2D eigenvalue weighted by molar-refractivity contribution is 5.85. The van der Waals surface area contributed by atoms with Gasteiger partial charge in [-0.25, -0.2) is 0 Å². The summed E-state index contributed by atoms with van der Waals surface area (Å²) in [6.45, 7) is 5.63. The molecule has 0 spiro atoms. The molecule has 6 heteroatoms. The lowest BCUT2D eigenvalue weighted by molar-refractivity contribution is -0.149. The number of aromatic nitrogens is 1. The van der Waals surface area contributed by atoms with Gasteiger partial charge in [0.05, 0.1) is 13.0 Å². The molecule has 3 atom stereocenters. The van der Waals surface area contributed by atoms with Crippen LogP contribution in [0.25, 0.3) is 0 Å². The van der Waals surface area contributed by atoms with Crippen molar-refractivity contribution < 1.29 is 9.53 Å². The number of ether oxygens (including phenoxy) is 1. The Labute approximate surface area is 179 Å². The number of hydrogen-bond acceptors (Lipinski definition) is 4. The first-order valence-corrected chi connectivity index (χ1v) is 10.7. The van der Waals surface area contributed by atoms with E-state index in [2.05, 4.69) is 47.2 Å². The van der Waals surface area contributed by atoms with Crippen molar-refractivity contribution in [3.63, 3.8) is 0 Å². The molecule has 0 unspecified atom stereocenters. The zero-order chi connectivity index (χ0) is 21.3. The van der Waals surface area contributed by atoms with Gasteiger partial charge in [-0.2, -0.15) is 0 Å². The van der Waals surface area contributed by atoms with Crippen molar-refractivity contribution in [2.75, 3.05) is 20.2 Å². The molecule has 0 radical (unpaired) electrons. The molecule has 30 heavy (non-hydrogen) atoms. The van der Waals surface area contributed by atoms with Crippen LogP contribution in [0.15, 0.2) is 59.9 Å². The van der Waals surface area contributed by atoms with E-state index in [4.69, 9.17) is 9.73 Å². The lowest BCUT2D eigenvalue weighted by Crippen LogP contribution is -2.63. The number of nitrogens with one attached hydrogen (secondary N) is 1. The van der Waals surface area contributed by atoms with Gasteiger partial charge in [0.1, 0.15) is 0 Å².